The summed E-state index contributed by atoms with van der Waals surface area (Å²) < 4.78 is 22.7. The summed E-state index contributed by atoms with van der Waals surface area (Å²) in [5.41, 5.74) is 0.512. The van der Waals surface area contributed by atoms with Crippen LogP contribution in [0.25, 0.3) is 0 Å². The molecule has 0 spiro atoms. The predicted molar refractivity (Wildman–Crippen MR) is 94.0 cm³/mol. The van der Waals surface area contributed by atoms with E-state index < -0.39 is 9.84 Å². The molecule has 1 atom stereocenters. The van der Waals surface area contributed by atoms with Crippen molar-refractivity contribution in [3.8, 4) is 0 Å². The van der Waals surface area contributed by atoms with E-state index in [1.165, 1.54) is 0 Å². The number of hydrogen-bond acceptors (Lipinski definition) is 4. The lowest BCUT2D eigenvalue weighted by molar-refractivity contribution is -0.121. The molecule has 0 saturated carbocycles. The van der Waals surface area contributed by atoms with Crippen molar-refractivity contribution < 1.29 is 18.0 Å². The maximum absolute atomic E-state index is 12.0. The highest BCUT2D eigenvalue weighted by molar-refractivity contribution is 7.91. The van der Waals surface area contributed by atoms with Crippen LogP contribution in [-0.4, -0.2) is 38.2 Å². The highest BCUT2D eigenvalue weighted by atomic mass is 35.5. The van der Waals surface area contributed by atoms with E-state index >= 15 is 0 Å². The van der Waals surface area contributed by atoms with Gasteiger partial charge in [-0.25, -0.2) is 8.42 Å². The number of benzene rings is 1. The molecule has 0 bridgehead atoms. The van der Waals surface area contributed by atoms with Gasteiger partial charge in [0.2, 0.25) is 5.91 Å². The largest absolute Gasteiger partial charge is 0.356 e. The molecule has 7 heteroatoms. The Kier molecular flexibility index (Phi) is 6.80. The molecule has 1 unspecified atom stereocenters. The van der Waals surface area contributed by atoms with Gasteiger partial charge in [0, 0.05) is 30.0 Å². The van der Waals surface area contributed by atoms with E-state index in [1.807, 2.05) is 0 Å². The molecule has 132 valence electrons. The minimum atomic E-state index is -2.83. The van der Waals surface area contributed by atoms with E-state index in [2.05, 4.69) is 5.32 Å². The quantitative estimate of drug-likeness (QED) is 0.562. The van der Waals surface area contributed by atoms with Gasteiger partial charge in [-0.3, -0.25) is 9.59 Å². The number of nitrogens with one attached hydrogen (secondary N) is 1. The standard InChI is InChI=1S/C17H22ClNO4S/c18-15-5-1-4-14(11-15)16(20)6-7-17(21)19-9-2-3-13-8-10-24(22,23)12-13/h1,4-5,11,13H,2-3,6-10,12H2,(H,19,21). The summed E-state index contributed by atoms with van der Waals surface area (Å²) in [6.07, 6.45) is 2.58. The van der Waals surface area contributed by atoms with Crippen LogP contribution in [-0.2, 0) is 14.6 Å². The number of ketones is 1. The number of rotatable bonds is 8. The van der Waals surface area contributed by atoms with Crippen molar-refractivity contribution in [3.63, 3.8) is 0 Å². The zero-order valence-corrected chi connectivity index (χ0v) is 15.0. The molecule has 2 rings (SSSR count). The monoisotopic (exact) mass is 371 g/mol. The minimum absolute atomic E-state index is 0.108. The molecule has 0 aliphatic carbocycles. The SMILES string of the molecule is O=C(CCC(=O)c1cccc(Cl)c1)NCCCC1CCS(=O)(=O)C1. The number of halogens is 1. The van der Waals surface area contributed by atoms with Gasteiger partial charge in [0.1, 0.15) is 0 Å². The molecular formula is C17H22ClNO4S. The number of Topliss-reactive ketones (excluding diaryl/α,β-unsaturated/α-hetero) is 1. The van der Waals surface area contributed by atoms with E-state index in [0.717, 1.165) is 19.3 Å². The lowest BCUT2D eigenvalue weighted by Gasteiger charge is -2.08. The Morgan fingerprint density at radius 3 is 2.71 bits per heavy atom. The molecule has 1 heterocycles. The Balaban J connectivity index is 1.61. The van der Waals surface area contributed by atoms with Crippen LogP contribution in [0, 0.1) is 5.92 Å². The van der Waals surface area contributed by atoms with Crippen molar-refractivity contribution >= 4 is 33.1 Å². The maximum atomic E-state index is 12.0. The average Bonchev–Trinajstić information content (AvgIpc) is 2.88. The summed E-state index contributed by atoms with van der Waals surface area (Å²) in [4.78, 5) is 23.7. The van der Waals surface area contributed by atoms with Gasteiger partial charge in [-0.15, -0.1) is 0 Å². The summed E-state index contributed by atoms with van der Waals surface area (Å²) >= 11 is 5.84. The number of hydrogen-bond donors (Lipinski definition) is 1. The smallest absolute Gasteiger partial charge is 0.220 e. The van der Waals surface area contributed by atoms with E-state index in [0.29, 0.717) is 17.1 Å². The summed E-state index contributed by atoms with van der Waals surface area (Å²) in [5, 5.41) is 3.28. The third kappa shape index (κ3) is 6.24. The maximum Gasteiger partial charge on any atom is 0.220 e. The van der Waals surface area contributed by atoms with Crippen molar-refractivity contribution in [3.05, 3.63) is 34.9 Å². The molecule has 1 aliphatic rings. The summed E-state index contributed by atoms with van der Waals surface area (Å²) in [7, 11) is -2.83. The Bertz CT molecular complexity index is 702. The van der Waals surface area contributed by atoms with E-state index in [9.17, 15) is 18.0 Å². The van der Waals surface area contributed by atoms with Crippen LogP contribution in [0.1, 0.15) is 42.5 Å². The highest BCUT2D eigenvalue weighted by Gasteiger charge is 2.27. The molecule has 1 amide bonds. The van der Waals surface area contributed by atoms with Crippen LogP contribution in [0.15, 0.2) is 24.3 Å². The van der Waals surface area contributed by atoms with Crippen LogP contribution < -0.4 is 5.32 Å². The molecule has 1 aromatic rings. The van der Waals surface area contributed by atoms with Crippen molar-refractivity contribution in [1.29, 1.82) is 0 Å². The lowest BCUT2D eigenvalue weighted by Crippen LogP contribution is -2.25. The molecule has 5 nitrogen and oxygen atoms in total. The summed E-state index contributed by atoms with van der Waals surface area (Å²) in [6, 6.07) is 6.68. The van der Waals surface area contributed by atoms with Gasteiger partial charge in [-0.1, -0.05) is 23.7 Å². The zero-order valence-electron chi connectivity index (χ0n) is 13.5. The zero-order chi connectivity index (χ0) is 17.6. The van der Waals surface area contributed by atoms with Crippen LogP contribution >= 0.6 is 11.6 Å². The molecule has 0 aromatic heterocycles. The summed E-state index contributed by atoms with van der Waals surface area (Å²) in [5.74, 6) is 0.509. The second kappa shape index (κ2) is 8.62. The number of carbonyl (C=O) groups is 2. The van der Waals surface area contributed by atoms with Gasteiger partial charge < -0.3 is 5.32 Å². The molecule has 1 aromatic carbocycles. The first-order valence-electron chi connectivity index (χ1n) is 8.11. The second-order valence-corrected chi connectivity index (χ2v) is 8.86. The number of sulfone groups is 1. The van der Waals surface area contributed by atoms with Crippen LogP contribution in [0.4, 0.5) is 0 Å². The van der Waals surface area contributed by atoms with Crippen molar-refractivity contribution in [2.75, 3.05) is 18.1 Å². The number of amides is 1. The van der Waals surface area contributed by atoms with Crippen molar-refractivity contribution in [1.82, 2.24) is 5.32 Å². The van der Waals surface area contributed by atoms with Gasteiger partial charge in [-0.2, -0.15) is 0 Å². The van der Waals surface area contributed by atoms with Gasteiger partial charge >= 0.3 is 0 Å². The molecule has 0 radical (unpaired) electrons. The topological polar surface area (TPSA) is 80.3 Å². The fourth-order valence-corrected chi connectivity index (χ4v) is 4.94. The highest BCUT2D eigenvalue weighted by Crippen LogP contribution is 2.22. The molecular weight excluding hydrogens is 350 g/mol. The minimum Gasteiger partial charge on any atom is -0.356 e. The van der Waals surface area contributed by atoms with E-state index in [-0.39, 0.29) is 42.0 Å². The van der Waals surface area contributed by atoms with Gasteiger partial charge in [-0.05, 0) is 37.3 Å². The molecule has 1 saturated heterocycles. The molecule has 24 heavy (non-hydrogen) atoms. The van der Waals surface area contributed by atoms with Crippen molar-refractivity contribution in [2.24, 2.45) is 5.92 Å². The van der Waals surface area contributed by atoms with Crippen LogP contribution in [0.5, 0.6) is 0 Å². The first-order valence-corrected chi connectivity index (χ1v) is 10.3. The Hall–Kier alpha value is -1.40. The second-order valence-electron chi connectivity index (χ2n) is 6.19. The Morgan fingerprint density at radius 1 is 1.25 bits per heavy atom. The van der Waals surface area contributed by atoms with Crippen LogP contribution in [0.2, 0.25) is 5.02 Å². The first-order chi connectivity index (χ1) is 11.4. The van der Waals surface area contributed by atoms with Gasteiger partial charge in [0.15, 0.2) is 15.6 Å². The molecule has 1 aliphatic heterocycles. The third-order valence-corrected chi connectivity index (χ3v) is 6.24. The molecule has 1 N–H and O–H groups in total. The molecule has 1 fully saturated rings. The third-order valence-electron chi connectivity index (χ3n) is 4.16. The van der Waals surface area contributed by atoms with Gasteiger partial charge in [0.05, 0.1) is 11.5 Å². The number of carbonyl (C=O) groups excluding carboxylic acids is 2. The Morgan fingerprint density at radius 2 is 2.04 bits per heavy atom. The van der Waals surface area contributed by atoms with Gasteiger partial charge in [0.25, 0.3) is 0 Å². The normalized spacial score (nSPS) is 19.1. The fourth-order valence-electron chi connectivity index (χ4n) is 2.84. The fraction of sp³-hybridized carbons (Fsp3) is 0.529. The lowest BCUT2D eigenvalue weighted by atomic mass is 10.0. The van der Waals surface area contributed by atoms with Crippen LogP contribution in [0.3, 0.4) is 0 Å². The summed E-state index contributed by atoms with van der Waals surface area (Å²) in [6.45, 7) is 0.515. The average molecular weight is 372 g/mol. The van der Waals surface area contributed by atoms with Crippen molar-refractivity contribution in [2.45, 2.75) is 32.1 Å². The Labute approximate surface area is 147 Å². The van der Waals surface area contributed by atoms with E-state index in [1.54, 1.807) is 24.3 Å². The first kappa shape index (κ1) is 18.9. The predicted octanol–water partition coefficient (Wildman–Crippen LogP) is 2.63. The van der Waals surface area contributed by atoms with E-state index in [4.69, 9.17) is 11.6 Å².